The zero-order valence-electron chi connectivity index (χ0n) is 12.2. The van der Waals surface area contributed by atoms with Crippen LogP contribution < -0.4 is 5.32 Å². The van der Waals surface area contributed by atoms with E-state index < -0.39 is 5.82 Å². The first-order chi connectivity index (χ1) is 10.2. The van der Waals surface area contributed by atoms with E-state index in [2.05, 4.69) is 10.2 Å². The van der Waals surface area contributed by atoms with E-state index in [1.54, 1.807) is 12.1 Å². The van der Waals surface area contributed by atoms with Crippen molar-refractivity contribution in [2.45, 2.75) is 31.7 Å². The second kappa shape index (κ2) is 8.10. The molecule has 2 N–H and O–H groups in total. The molecule has 1 amide bonds. The van der Waals surface area contributed by atoms with Gasteiger partial charge in [0.1, 0.15) is 5.82 Å². The van der Waals surface area contributed by atoms with Gasteiger partial charge in [-0.05, 0) is 44.4 Å². The molecule has 0 unspecified atom stereocenters. The van der Waals surface area contributed by atoms with Crippen LogP contribution in [0.15, 0.2) is 24.3 Å². The largest absolute Gasteiger partial charge is 0.396 e. The number of aliphatic hydroxyl groups is 1. The van der Waals surface area contributed by atoms with E-state index in [0.29, 0.717) is 0 Å². The molecule has 0 aliphatic carbocycles. The van der Waals surface area contributed by atoms with Crippen LogP contribution in [0, 0.1) is 5.82 Å². The van der Waals surface area contributed by atoms with Crippen LogP contribution in [-0.2, 0) is 0 Å². The lowest BCUT2D eigenvalue weighted by Gasteiger charge is -2.32. The highest BCUT2D eigenvalue weighted by molar-refractivity contribution is 5.94. The molecule has 4 nitrogen and oxygen atoms in total. The van der Waals surface area contributed by atoms with Gasteiger partial charge >= 0.3 is 0 Å². The maximum Gasteiger partial charge on any atom is 0.254 e. The molecule has 0 saturated carbocycles. The van der Waals surface area contributed by atoms with Crippen LogP contribution >= 0.6 is 0 Å². The molecule has 0 bridgehead atoms. The summed E-state index contributed by atoms with van der Waals surface area (Å²) in [4.78, 5) is 14.4. The molecule has 0 atom stereocenters. The van der Waals surface area contributed by atoms with Crippen LogP contribution in [0.2, 0.25) is 0 Å². The van der Waals surface area contributed by atoms with E-state index >= 15 is 0 Å². The summed E-state index contributed by atoms with van der Waals surface area (Å²) >= 11 is 0. The first-order valence-corrected chi connectivity index (χ1v) is 7.59. The molecule has 0 radical (unpaired) electrons. The van der Waals surface area contributed by atoms with Gasteiger partial charge in [-0.25, -0.2) is 4.39 Å². The number of nitrogens with one attached hydrogen (secondary N) is 1. The summed E-state index contributed by atoms with van der Waals surface area (Å²) in [6, 6.07) is 6.18. The van der Waals surface area contributed by atoms with Crippen LogP contribution in [0.1, 0.15) is 36.0 Å². The molecule has 1 aliphatic heterocycles. The maximum absolute atomic E-state index is 13.5. The Balaban J connectivity index is 1.76. The highest BCUT2D eigenvalue weighted by Gasteiger charge is 2.21. The Morgan fingerprint density at radius 2 is 2.00 bits per heavy atom. The summed E-state index contributed by atoms with van der Waals surface area (Å²) in [6.07, 6.45) is 3.62. The number of unbranched alkanes of at least 4 members (excludes halogenated alkanes) is 1. The van der Waals surface area contributed by atoms with Crippen molar-refractivity contribution < 1.29 is 14.3 Å². The predicted molar refractivity (Wildman–Crippen MR) is 79.6 cm³/mol. The topological polar surface area (TPSA) is 52.6 Å². The third kappa shape index (κ3) is 4.79. The van der Waals surface area contributed by atoms with Gasteiger partial charge in [-0.1, -0.05) is 12.1 Å². The van der Waals surface area contributed by atoms with Crippen molar-refractivity contribution in [3.8, 4) is 0 Å². The molecule has 116 valence electrons. The van der Waals surface area contributed by atoms with E-state index in [1.807, 2.05) is 0 Å². The second-order valence-electron chi connectivity index (χ2n) is 5.50. The van der Waals surface area contributed by atoms with Gasteiger partial charge in [0.25, 0.3) is 5.91 Å². The van der Waals surface area contributed by atoms with Crippen LogP contribution in [0.5, 0.6) is 0 Å². The summed E-state index contributed by atoms with van der Waals surface area (Å²) in [6.45, 7) is 3.12. The normalized spacial score (nSPS) is 16.9. The van der Waals surface area contributed by atoms with Crippen molar-refractivity contribution in [3.63, 3.8) is 0 Å². The number of piperidine rings is 1. The summed E-state index contributed by atoms with van der Waals surface area (Å²) in [5.74, 6) is -0.803. The number of hydrogen-bond acceptors (Lipinski definition) is 3. The van der Waals surface area contributed by atoms with Crippen LogP contribution in [0.4, 0.5) is 4.39 Å². The molecular weight excluding hydrogens is 271 g/mol. The van der Waals surface area contributed by atoms with Gasteiger partial charge in [0.2, 0.25) is 0 Å². The van der Waals surface area contributed by atoms with E-state index in [4.69, 9.17) is 5.11 Å². The summed E-state index contributed by atoms with van der Waals surface area (Å²) in [5, 5.41) is 11.7. The Kier molecular flexibility index (Phi) is 6.14. The van der Waals surface area contributed by atoms with Crippen LogP contribution in [0.25, 0.3) is 0 Å². The van der Waals surface area contributed by atoms with E-state index in [1.165, 1.54) is 12.1 Å². The number of hydrogen-bond donors (Lipinski definition) is 2. The monoisotopic (exact) mass is 294 g/mol. The van der Waals surface area contributed by atoms with Gasteiger partial charge in [0, 0.05) is 25.7 Å². The molecule has 21 heavy (non-hydrogen) atoms. The first kappa shape index (κ1) is 15.9. The zero-order chi connectivity index (χ0) is 15.1. The number of benzene rings is 1. The Bertz CT molecular complexity index is 459. The number of rotatable bonds is 6. The lowest BCUT2D eigenvalue weighted by atomic mass is 10.0. The highest BCUT2D eigenvalue weighted by Crippen LogP contribution is 2.13. The van der Waals surface area contributed by atoms with Crippen LogP contribution in [0.3, 0.4) is 0 Å². The minimum absolute atomic E-state index is 0.114. The summed E-state index contributed by atoms with van der Waals surface area (Å²) in [7, 11) is 0. The number of carbonyl (C=O) groups is 1. The van der Waals surface area contributed by atoms with Crippen molar-refractivity contribution in [1.29, 1.82) is 0 Å². The Hall–Kier alpha value is -1.46. The van der Waals surface area contributed by atoms with Gasteiger partial charge in [-0.2, -0.15) is 0 Å². The standard InChI is InChI=1S/C16H23FN2O2/c17-15-6-2-1-5-14(15)16(21)18-13-7-10-19(11-8-13)9-3-4-12-20/h1-2,5-6,13,20H,3-4,7-12H2,(H,18,21). The smallest absolute Gasteiger partial charge is 0.254 e. The Morgan fingerprint density at radius 3 is 2.67 bits per heavy atom. The Labute approximate surface area is 125 Å². The quantitative estimate of drug-likeness (QED) is 0.787. The number of amides is 1. The molecule has 1 aromatic rings. The van der Waals surface area contributed by atoms with Gasteiger partial charge in [-0.15, -0.1) is 0 Å². The number of likely N-dealkylation sites (tertiary alicyclic amines) is 1. The lowest BCUT2D eigenvalue weighted by molar-refractivity contribution is 0.0906. The minimum Gasteiger partial charge on any atom is -0.396 e. The summed E-state index contributed by atoms with van der Waals surface area (Å²) < 4.78 is 13.5. The Morgan fingerprint density at radius 1 is 1.29 bits per heavy atom. The minimum atomic E-state index is -0.476. The van der Waals surface area contributed by atoms with Gasteiger partial charge in [0.05, 0.1) is 5.56 Å². The highest BCUT2D eigenvalue weighted by atomic mass is 19.1. The van der Waals surface area contributed by atoms with Gasteiger partial charge in [0.15, 0.2) is 0 Å². The van der Waals surface area contributed by atoms with Crippen molar-refractivity contribution in [2.75, 3.05) is 26.2 Å². The van der Waals surface area contributed by atoms with E-state index in [0.717, 1.165) is 45.3 Å². The van der Waals surface area contributed by atoms with Crippen LogP contribution in [-0.4, -0.2) is 48.2 Å². The van der Waals surface area contributed by atoms with Crippen molar-refractivity contribution in [2.24, 2.45) is 0 Å². The molecule has 0 spiro atoms. The number of nitrogens with zero attached hydrogens (tertiary/aromatic N) is 1. The van der Waals surface area contributed by atoms with E-state index in [-0.39, 0.29) is 24.1 Å². The number of halogens is 1. The molecule has 1 aliphatic rings. The molecule has 2 rings (SSSR count). The molecule has 1 aromatic carbocycles. The third-order valence-corrected chi connectivity index (χ3v) is 3.92. The molecule has 1 fully saturated rings. The average Bonchev–Trinajstić information content (AvgIpc) is 2.49. The number of aliphatic hydroxyl groups excluding tert-OH is 1. The van der Waals surface area contributed by atoms with E-state index in [9.17, 15) is 9.18 Å². The molecule has 0 aromatic heterocycles. The molecule has 1 heterocycles. The van der Waals surface area contributed by atoms with Crippen molar-refractivity contribution in [1.82, 2.24) is 10.2 Å². The lowest BCUT2D eigenvalue weighted by Crippen LogP contribution is -2.45. The molecule has 5 heteroatoms. The first-order valence-electron chi connectivity index (χ1n) is 7.59. The third-order valence-electron chi connectivity index (χ3n) is 3.92. The predicted octanol–water partition coefficient (Wildman–Crippen LogP) is 1.79. The number of carbonyl (C=O) groups excluding carboxylic acids is 1. The van der Waals surface area contributed by atoms with Gasteiger partial charge in [-0.3, -0.25) is 4.79 Å². The fraction of sp³-hybridized carbons (Fsp3) is 0.562. The molecule has 1 saturated heterocycles. The molecular formula is C16H23FN2O2. The fourth-order valence-corrected chi connectivity index (χ4v) is 2.66. The van der Waals surface area contributed by atoms with Crippen molar-refractivity contribution >= 4 is 5.91 Å². The summed E-state index contributed by atoms with van der Waals surface area (Å²) in [5.41, 5.74) is 0.114. The average molecular weight is 294 g/mol. The maximum atomic E-state index is 13.5. The van der Waals surface area contributed by atoms with Crippen molar-refractivity contribution in [3.05, 3.63) is 35.6 Å². The zero-order valence-corrected chi connectivity index (χ0v) is 12.2. The SMILES string of the molecule is O=C(NC1CCN(CCCCO)CC1)c1ccccc1F. The van der Waals surface area contributed by atoms with Gasteiger partial charge < -0.3 is 15.3 Å². The second-order valence-corrected chi connectivity index (χ2v) is 5.50. The fourth-order valence-electron chi connectivity index (χ4n) is 2.66.